The largest absolute Gasteiger partial charge is 0.497 e. The van der Waals surface area contributed by atoms with Gasteiger partial charge in [0.2, 0.25) is 11.8 Å². The number of hydrogen-bond donors (Lipinski definition) is 3. The molecule has 0 saturated heterocycles. The van der Waals surface area contributed by atoms with Crippen molar-refractivity contribution in [3.05, 3.63) is 59.7 Å². The first-order chi connectivity index (χ1) is 19.0. The van der Waals surface area contributed by atoms with Crippen LogP contribution < -0.4 is 25.4 Å². The second kappa shape index (κ2) is 13.4. The molecule has 0 aliphatic rings. The molecule has 2 aromatic carbocycles. The molecule has 0 heterocycles. The van der Waals surface area contributed by atoms with Crippen LogP contribution in [0.3, 0.4) is 0 Å². The Morgan fingerprint density at radius 3 is 1.85 bits per heavy atom. The van der Waals surface area contributed by atoms with Gasteiger partial charge in [0.1, 0.15) is 23.6 Å². The number of Topliss-reactive ketones (excluding diaryl/α,β-unsaturated/α-hetero) is 1. The molecule has 9 nitrogen and oxygen atoms in total. The maximum atomic E-state index is 14.9. The third kappa shape index (κ3) is 8.14. The highest BCUT2D eigenvalue weighted by Crippen LogP contribution is 2.35. The Morgan fingerprint density at radius 1 is 0.756 bits per heavy atom. The minimum absolute atomic E-state index is 0.0662. The lowest BCUT2D eigenvalue weighted by Crippen LogP contribution is -2.55. The van der Waals surface area contributed by atoms with Crippen molar-refractivity contribution in [2.24, 2.45) is 5.92 Å². The van der Waals surface area contributed by atoms with Gasteiger partial charge in [-0.15, -0.1) is 0 Å². The summed E-state index contributed by atoms with van der Waals surface area (Å²) in [4.78, 5) is 50.5. The van der Waals surface area contributed by atoms with Crippen molar-refractivity contribution in [1.82, 2.24) is 16.0 Å². The average molecular weight is 588 g/mol. The lowest BCUT2D eigenvalue weighted by Gasteiger charge is -2.27. The number of methoxy groups -OCH3 is 2. The number of hydrogen-bond acceptors (Lipinski definition) is 6. The topological polar surface area (TPSA) is 123 Å². The van der Waals surface area contributed by atoms with Crippen molar-refractivity contribution in [3.8, 4) is 11.5 Å². The van der Waals surface area contributed by atoms with Gasteiger partial charge in [-0.2, -0.15) is 22.0 Å². The van der Waals surface area contributed by atoms with Gasteiger partial charge in [-0.3, -0.25) is 19.2 Å². The van der Waals surface area contributed by atoms with Gasteiger partial charge in [-0.25, -0.2) is 0 Å². The number of benzene rings is 2. The van der Waals surface area contributed by atoms with Crippen LogP contribution in [0.4, 0.5) is 22.0 Å². The highest BCUT2D eigenvalue weighted by molar-refractivity contribution is 5.97. The zero-order valence-electron chi connectivity index (χ0n) is 22.8. The lowest BCUT2D eigenvalue weighted by molar-refractivity contribution is -0.175. The molecule has 0 aromatic heterocycles. The van der Waals surface area contributed by atoms with Crippen LogP contribution in [0.25, 0.3) is 0 Å². The maximum absolute atomic E-state index is 14.9. The number of nitrogens with one attached hydrogen (secondary N) is 3. The van der Waals surface area contributed by atoms with Crippen LogP contribution in [0, 0.1) is 5.92 Å². The number of alkyl halides is 5. The summed E-state index contributed by atoms with van der Waals surface area (Å²) in [5.74, 6) is -11.3. The summed E-state index contributed by atoms with van der Waals surface area (Å²) < 4.78 is 79.1. The van der Waals surface area contributed by atoms with E-state index in [4.69, 9.17) is 9.47 Å². The molecule has 41 heavy (non-hydrogen) atoms. The molecule has 0 unspecified atom stereocenters. The predicted octanol–water partition coefficient (Wildman–Crippen LogP) is 3.43. The number of halogens is 5. The Kier molecular flexibility index (Phi) is 10.8. The minimum atomic E-state index is -5.24. The van der Waals surface area contributed by atoms with Gasteiger partial charge in [-0.05, 0) is 42.7 Å². The van der Waals surface area contributed by atoms with E-state index in [9.17, 15) is 41.1 Å². The van der Waals surface area contributed by atoms with Crippen molar-refractivity contribution >= 4 is 23.5 Å². The van der Waals surface area contributed by atoms with E-state index < -0.39 is 65.2 Å². The highest BCUT2D eigenvalue weighted by Gasteiger charge is 2.46. The van der Waals surface area contributed by atoms with Gasteiger partial charge < -0.3 is 25.4 Å². The standard InChI is InChI=1S/C27H30F5N3O6/c1-14(2)20(22(36)27(30,31)32)34-24(38)21(16-10-12-17(40-4)13-11-16)35-23(37)15(3)33-25(39)26(28,29)18-8-6-7-9-19(18)41-5/h6-15,20-21H,1-5H3,(H,33,39)(H,34,38)(H,35,37)/t15-,20-,21-/m0/s1. The van der Waals surface area contributed by atoms with Crippen molar-refractivity contribution in [3.63, 3.8) is 0 Å². The molecule has 0 fully saturated rings. The molecule has 2 rings (SSSR count). The highest BCUT2D eigenvalue weighted by atomic mass is 19.4. The van der Waals surface area contributed by atoms with E-state index >= 15 is 0 Å². The van der Waals surface area contributed by atoms with Gasteiger partial charge >= 0.3 is 12.1 Å². The summed E-state index contributed by atoms with van der Waals surface area (Å²) in [6.07, 6.45) is -5.24. The molecule has 0 spiro atoms. The Hall–Kier alpha value is -4.23. The van der Waals surface area contributed by atoms with Gasteiger partial charge in [0, 0.05) is 0 Å². The first kappa shape index (κ1) is 33.0. The number of ketones is 1. The Balaban J connectivity index is 2.31. The Labute approximate surface area is 232 Å². The fourth-order valence-electron chi connectivity index (χ4n) is 3.69. The molecular weight excluding hydrogens is 557 g/mol. The summed E-state index contributed by atoms with van der Waals surface area (Å²) in [5, 5.41) is 6.13. The number of carbonyl (C=O) groups excluding carboxylic acids is 4. The molecule has 0 aliphatic heterocycles. The van der Waals surface area contributed by atoms with Crippen molar-refractivity contribution in [2.45, 2.75) is 51.0 Å². The molecule has 0 saturated carbocycles. The molecule has 14 heteroatoms. The number of para-hydroxylation sites is 1. The van der Waals surface area contributed by atoms with Crippen molar-refractivity contribution in [1.29, 1.82) is 0 Å². The lowest BCUT2D eigenvalue weighted by atomic mass is 9.97. The van der Waals surface area contributed by atoms with Crippen LogP contribution >= 0.6 is 0 Å². The summed E-state index contributed by atoms with van der Waals surface area (Å²) >= 11 is 0. The van der Waals surface area contributed by atoms with E-state index in [1.807, 2.05) is 10.6 Å². The van der Waals surface area contributed by atoms with E-state index in [1.165, 1.54) is 63.4 Å². The number of carbonyl (C=O) groups is 4. The molecule has 3 N–H and O–H groups in total. The van der Waals surface area contributed by atoms with Crippen LogP contribution in [-0.2, 0) is 25.1 Å². The monoisotopic (exact) mass is 587 g/mol. The smallest absolute Gasteiger partial charge is 0.452 e. The predicted molar refractivity (Wildman–Crippen MR) is 136 cm³/mol. The normalized spacial score (nSPS) is 13.9. The van der Waals surface area contributed by atoms with E-state index in [0.29, 0.717) is 5.75 Å². The van der Waals surface area contributed by atoms with Gasteiger partial charge in [-0.1, -0.05) is 38.1 Å². The third-order valence-corrected chi connectivity index (χ3v) is 6.00. The molecule has 224 valence electrons. The molecule has 3 atom stereocenters. The quantitative estimate of drug-likeness (QED) is 0.327. The molecule has 0 aliphatic carbocycles. The SMILES string of the molecule is COc1ccc([C@H](NC(=O)[C@H](C)NC(=O)C(F)(F)c2ccccc2OC)C(=O)N[C@H](C(=O)C(F)(F)F)C(C)C)cc1. The fourth-order valence-corrected chi connectivity index (χ4v) is 3.69. The summed E-state index contributed by atoms with van der Waals surface area (Å²) in [6, 6.07) is 5.07. The summed E-state index contributed by atoms with van der Waals surface area (Å²) in [5.41, 5.74) is -0.686. The second-order valence-electron chi connectivity index (χ2n) is 9.28. The summed E-state index contributed by atoms with van der Waals surface area (Å²) in [7, 11) is 2.50. The molecular formula is C27H30F5N3O6. The van der Waals surface area contributed by atoms with E-state index in [0.717, 1.165) is 20.1 Å². The molecule has 0 radical (unpaired) electrons. The minimum Gasteiger partial charge on any atom is -0.497 e. The zero-order chi connectivity index (χ0) is 31.1. The average Bonchev–Trinajstić information content (AvgIpc) is 2.93. The molecule has 2 aromatic rings. The second-order valence-corrected chi connectivity index (χ2v) is 9.28. The number of ether oxygens (including phenoxy) is 2. The van der Waals surface area contributed by atoms with Crippen molar-refractivity contribution < 1.29 is 50.6 Å². The van der Waals surface area contributed by atoms with Gasteiger partial charge in [0.15, 0.2) is 0 Å². The van der Waals surface area contributed by atoms with E-state index in [1.54, 1.807) is 0 Å². The third-order valence-electron chi connectivity index (χ3n) is 6.00. The maximum Gasteiger partial charge on any atom is 0.452 e. The van der Waals surface area contributed by atoms with E-state index in [2.05, 4.69) is 5.32 Å². The zero-order valence-corrected chi connectivity index (χ0v) is 22.8. The van der Waals surface area contributed by atoms with Gasteiger partial charge in [0.25, 0.3) is 11.7 Å². The Morgan fingerprint density at radius 2 is 1.34 bits per heavy atom. The fraction of sp³-hybridized carbons (Fsp3) is 0.407. The van der Waals surface area contributed by atoms with Crippen molar-refractivity contribution in [2.75, 3.05) is 14.2 Å². The first-order valence-electron chi connectivity index (χ1n) is 12.2. The number of rotatable bonds is 12. The Bertz CT molecular complexity index is 1250. The van der Waals surface area contributed by atoms with Crippen LogP contribution in [-0.4, -0.2) is 56.0 Å². The first-order valence-corrected chi connectivity index (χ1v) is 12.2. The molecule has 3 amide bonds. The van der Waals surface area contributed by atoms with Crippen LogP contribution in [0.5, 0.6) is 11.5 Å². The van der Waals surface area contributed by atoms with Crippen LogP contribution in [0.1, 0.15) is 37.9 Å². The van der Waals surface area contributed by atoms with Crippen LogP contribution in [0.15, 0.2) is 48.5 Å². The van der Waals surface area contributed by atoms with Gasteiger partial charge in [0.05, 0.1) is 25.8 Å². The van der Waals surface area contributed by atoms with Crippen LogP contribution in [0.2, 0.25) is 0 Å². The summed E-state index contributed by atoms with van der Waals surface area (Å²) in [6.45, 7) is 3.64. The molecule has 0 bridgehead atoms. The van der Waals surface area contributed by atoms with E-state index in [-0.39, 0.29) is 11.3 Å². The number of amides is 3.